The second-order valence-electron chi connectivity index (χ2n) is 5.30. The minimum Gasteiger partial charge on any atom is -0.351 e. The van der Waals surface area contributed by atoms with Crippen LogP contribution in [0.4, 0.5) is 0 Å². The van der Waals surface area contributed by atoms with Crippen LogP contribution in [-0.2, 0) is 16.4 Å². The Morgan fingerprint density at radius 2 is 2.05 bits per heavy atom. The molecular formula is C14H22N2O4S. The van der Waals surface area contributed by atoms with Crippen molar-refractivity contribution in [2.24, 2.45) is 5.92 Å². The summed E-state index contributed by atoms with van der Waals surface area (Å²) >= 11 is 0. The standard InChI is InChI=1S/C14H22N2O4S/c1-4-16-7-5-12(9-13(16)17)14(18)15-6-8-21(19,20)10-11(2)3/h5,7,9,11H,4,6,8,10H2,1-3H3,(H,15,18). The van der Waals surface area contributed by atoms with Gasteiger partial charge in [0.2, 0.25) is 0 Å². The summed E-state index contributed by atoms with van der Waals surface area (Å²) < 4.78 is 24.9. The molecule has 0 saturated carbocycles. The number of carbonyl (C=O) groups is 1. The number of nitrogens with one attached hydrogen (secondary N) is 1. The molecule has 1 aromatic rings. The number of amides is 1. The van der Waals surface area contributed by atoms with E-state index in [1.54, 1.807) is 12.3 Å². The highest BCUT2D eigenvalue weighted by Gasteiger charge is 2.14. The van der Waals surface area contributed by atoms with Gasteiger partial charge >= 0.3 is 0 Å². The molecule has 0 saturated heterocycles. The van der Waals surface area contributed by atoms with Gasteiger partial charge in [0.1, 0.15) is 0 Å². The quantitative estimate of drug-likeness (QED) is 0.801. The third kappa shape index (κ3) is 5.71. The van der Waals surface area contributed by atoms with Crippen LogP contribution in [0.15, 0.2) is 23.1 Å². The molecule has 0 bridgehead atoms. The molecule has 0 aliphatic heterocycles. The third-order valence-electron chi connectivity index (χ3n) is 2.88. The second-order valence-corrected chi connectivity index (χ2v) is 7.53. The lowest BCUT2D eigenvalue weighted by Crippen LogP contribution is -2.31. The van der Waals surface area contributed by atoms with Crippen LogP contribution < -0.4 is 10.9 Å². The largest absolute Gasteiger partial charge is 0.351 e. The maximum atomic E-state index is 11.9. The SMILES string of the molecule is CCn1ccc(C(=O)NCCS(=O)(=O)CC(C)C)cc1=O. The van der Waals surface area contributed by atoms with Gasteiger partial charge in [0.25, 0.3) is 11.5 Å². The number of hydrogen-bond acceptors (Lipinski definition) is 4. The van der Waals surface area contributed by atoms with Crippen LogP contribution >= 0.6 is 0 Å². The summed E-state index contributed by atoms with van der Waals surface area (Å²) in [6, 6.07) is 2.80. The van der Waals surface area contributed by atoms with Gasteiger partial charge < -0.3 is 9.88 Å². The number of nitrogens with zero attached hydrogens (tertiary/aromatic N) is 1. The summed E-state index contributed by atoms with van der Waals surface area (Å²) in [5.41, 5.74) is -0.0106. The van der Waals surface area contributed by atoms with Gasteiger partial charge in [-0.05, 0) is 18.9 Å². The summed E-state index contributed by atoms with van der Waals surface area (Å²) in [4.78, 5) is 23.5. The Hall–Kier alpha value is -1.63. The van der Waals surface area contributed by atoms with Gasteiger partial charge in [-0.15, -0.1) is 0 Å². The maximum absolute atomic E-state index is 11.9. The number of carbonyl (C=O) groups excluding carboxylic acids is 1. The van der Waals surface area contributed by atoms with Crippen molar-refractivity contribution in [3.8, 4) is 0 Å². The topological polar surface area (TPSA) is 85.2 Å². The fraction of sp³-hybridized carbons (Fsp3) is 0.571. The predicted molar refractivity (Wildman–Crippen MR) is 82.2 cm³/mol. The van der Waals surface area contributed by atoms with E-state index in [9.17, 15) is 18.0 Å². The lowest BCUT2D eigenvalue weighted by atomic mass is 10.2. The molecule has 1 N–H and O–H groups in total. The highest BCUT2D eigenvalue weighted by molar-refractivity contribution is 7.91. The Morgan fingerprint density at radius 3 is 2.57 bits per heavy atom. The maximum Gasteiger partial charge on any atom is 0.251 e. The van der Waals surface area contributed by atoms with Crippen LogP contribution in [0, 0.1) is 5.92 Å². The lowest BCUT2D eigenvalue weighted by Gasteiger charge is -2.08. The molecule has 1 aromatic heterocycles. The molecule has 0 spiro atoms. The first-order valence-corrected chi connectivity index (χ1v) is 8.76. The van der Waals surface area contributed by atoms with E-state index in [2.05, 4.69) is 5.32 Å². The Bertz CT molecular complexity index is 647. The van der Waals surface area contributed by atoms with Gasteiger partial charge in [0, 0.05) is 30.9 Å². The van der Waals surface area contributed by atoms with E-state index < -0.39 is 15.7 Å². The Labute approximate surface area is 125 Å². The minimum atomic E-state index is -3.16. The molecule has 6 nitrogen and oxygen atoms in total. The zero-order chi connectivity index (χ0) is 16.0. The molecule has 1 rings (SSSR count). The first kappa shape index (κ1) is 17.4. The number of sulfone groups is 1. The first-order chi connectivity index (χ1) is 9.75. The molecule has 0 fully saturated rings. The molecule has 21 heavy (non-hydrogen) atoms. The van der Waals surface area contributed by atoms with Crippen molar-refractivity contribution < 1.29 is 13.2 Å². The second kappa shape index (κ2) is 7.40. The molecule has 0 radical (unpaired) electrons. The zero-order valence-corrected chi connectivity index (χ0v) is 13.4. The molecule has 0 aliphatic carbocycles. The predicted octanol–water partition coefficient (Wildman–Crippen LogP) is 0.669. The number of rotatable bonds is 7. The molecule has 0 unspecified atom stereocenters. The van der Waals surface area contributed by atoms with Crippen LogP contribution in [0.1, 0.15) is 31.1 Å². The van der Waals surface area contributed by atoms with E-state index in [-0.39, 0.29) is 35.1 Å². The van der Waals surface area contributed by atoms with Crippen molar-refractivity contribution in [2.45, 2.75) is 27.3 Å². The lowest BCUT2D eigenvalue weighted by molar-refractivity contribution is 0.0956. The van der Waals surface area contributed by atoms with Gasteiger partial charge in [0.05, 0.1) is 11.5 Å². The van der Waals surface area contributed by atoms with Crippen LogP contribution in [0.5, 0.6) is 0 Å². The summed E-state index contributed by atoms with van der Waals surface area (Å²) in [5.74, 6) is -0.360. The number of hydrogen-bond donors (Lipinski definition) is 1. The van der Waals surface area contributed by atoms with Gasteiger partial charge in [0.15, 0.2) is 9.84 Å². The Balaban J connectivity index is 2.59. The van der Waals surface area contributed by atoms with E-state index in [1.807, 2.05) is 20.8 Å². The molecule has 1 amide bonds. The number of aryl methyl sites for hydroxylation is 1. The number of pyridine rings is 1. The highest BCUT2D eigenvalue weighted by atomic mass is 32.2. The van der Waals surface area contributed by atoms with E-state index in [0.29, 0.717) is 6.54 Å². The van der Waals surface area contributed by atoms with Gasteiger partial charge in [-0.2, -0.15) is 0 Å². The van der Waals surface area contributed by atoms with Crippen molar-refractivity contribution in [1.82, 2.24) is 9.88 Å². The highest BCUT2D eigenvalue weighted by Crippen LogP contribution is 2.00. The monoisotopic (exact) mass is 314 g/mol. The molecule has 0 aromatic carbocycles. The minimum absolute atomic E-state index is 0.0464. The van der Waals surface area contributed by atoms with Crippen LogP contribution in [0.3, 0.4) is 0 Å². The summed E-state index contributed by atoms with van der Waals surface area (Å²) in [5, 5.41) is 2.53. The fourth-order valence-electron chi connectivity index (χ4n) is 1.92. The Kier molecular flexibility index (Phi) is 6.14. The molecule has 0 atom stereocenters. The average molecular weight is 314 g/mol. The molecule has 0 aliphatic rings. The Morgan fingerprint density at radius 1 is 1.38 bits per heavy atom. The van der Waals surface area contributed by atoms with E-state index in [0.717, 1.165) is 0 Å². The number of aromatic nitrogens is 1. The van der Waals surface area contributed by atoms with E-state index in [4.69, 9.17) is 0 Å². The van der Waals surface area contributed by atoms with Gasteiger partial charge in [-0.25, -0.2) is 8.42 Å². The average Bonchev–Trinajstić information content (AvgIpc) is 2.36. The third-order valence-corrected chi connectivity index (χ3v) is 4.89. The van der Waals surface area contributed by atoms with Gasteiger partial charge in [-0.1, -0.05) is 13.8 Å². The molecule has 1 heterocycles. The van der Waals surface area contributed by atoms with Crippen LogP contribution in [-0.4, -0.2) is 36.9 Å². The summed E-state index contributed by atoms with van der Waals surface area (Å²) in [6.07, 6.45) is 1.55. The van der Waals surface area contributed by atoms with Crippen molar-refractivity contribution in [3.63, 3.8) is 0 Å². The molecular weight excluding hydrogens is 292 g/mol. The normalized spacial score (nSPS) is 11.6. The molecule has 7 heteroatoms. The smallest absolute Gasteiger partial charge is 0.251 e. The van der Waals surface area contributed by atoms with Crippen molar-refractivity contribution >= 4 is 15.7 Å². The molecule has 118 valence electrons. The zero-order valence-electron chi connectivity index (χ0n) is 12.6. The summed E-state index contributed by atoms with van der Waals surface area (Å²) in [6.45, 7) is 6.08. The van der Waals surface area contributed by atoms with Crippen LogP contribution in [0.25, 0.3) is 0 Å². The fourth-order valence-corrected chi connectivity index (χ4v) is 3.52. The summed E-state index contributed by atoms with van der Waals surface area (Å²) in [7, 11) is -3.16. The van der Waals surface area contributed by atoms with E-state index >= 15 is 0 Å². The van der Waals surface area contributed by atoms with E-state index in [1.165, 1.54) is 10.6 Å². The van der Waals surface area contributed by atoms with Gasteiger partial charge in [-0.3, -0.25) is 9.59 Å². The van der Waals surface area contributed by atoms with Crippen molar-refractivity contribution in [1.29, 1.82) is 0 Å². The van der Waals surface area contributed by atoms with Crippen LogP contribution in [0.2, 0.25) is 0 Å². The van der Waals surface area contributed by atoms with Crippen molar-refractivity contribution in [2.75, 3.05) is 18.1 Å². The first-order valence-electron chi connectivity index (χ1n) is 6.94. The van der Waals surface area contributed by atoms with Crippen molar-refractivity contribution in [3.05, 3.63) is 34.2 Å².